The molecule has 2 aromatic rings. The summed E-state index contributed by atoms with van der Waals surface area (Å²) in [6, 6.07) is 3.27. The number of rotatable bonds is 11. The molecule has 2 heterocycles. The highest BCUT2D eigenvalue weighted by molar-refractivity contribution is 9.10. The summed E-state index contributed by atoms with van der Waals surface area (Å²) < 4.78 is 58.5. The first-order valence-electron chi connectivity index (χ1n) is 10.3. The van der Waals surface area contributed by atoms with Crippen molar-refractivity contribution in [3.63, 3.8) is 0 Å². The van der Waals surface area contributed by atoms with Crippen LogP contribution < -0.4 is 11.1 Å². The van der Waals surface area contributed by atoms with E-state index in [-0.39, 0.29) is 23.5 Å². The van der Waals surface area contributed by atoms with Gasteiger partial charge in [-0.25, -0.2) is 18.0 Å². The van der Waals surface area contributed by atoms with Crippen molar-refractivity contribution >= 4 is 39.4 Å². The number of nitrogens with one attached hydrogen (secondary N) is 1. The normalized spacial score (nSPS) is 20.6. The number of hydrogen-bond acceptors (Lipinski definition) is 8. The van der Waals surface area contributed by atoms with Gasteiger partial charge in [-0.05, 0) is 48.0 Å². The van der Waals surface area contributed by atoms with E-state index in [0.717, 1.165) is 16.6 Å². The van der Waals surface area contributed by atoms with E-state index in [2.05, 4.69) is 26.2 Å². The molecule has 1 saturated heterocycles. The van der Waals surface area contributed by atoms with Crippen molar-refractivity contribution in [2.45, 2.75) is 48.7 Å². The third-order valence-electron chi connectivity index (χ3n) is 4.95. The highest BCUT2D eigenvalue weighted by Gasteiger charge is 2.36. The summed E-state index contributed by atoms with van der Waals surface area (Å²) in [7, 11) is 0. The van der Waals surface area contributed by atoms with Crippen LogP contribution in [-0.2, 0) is 19.0 Å². The van der Waals surface area contributed by atoms with Crippen molar-refractivity contribution in [3.8, 4) is 0 Å². The van der Waals surface area contributed by atoms with Gasteiger partial charge in [0.1, 0.15) is 6.10 Å². The Balaban J connectivity index is 1.89. The predicted octanol–water partition coefficient (Wildman–Crippen LogP) is 3.85. The Labute approximate surface area is 212 Å². The van der Waals surface area contributed by atoms with Gasteiger partial charge in [-0.2, -0.15) is 0 Å². The lowest BCUT2D eigenvalue weighted by atomic mass is 10.1. The van der Waals surface area contributed by atoms with Crippen molar-refractivity contribution in [3.05, 3.63) is 64.3 Å². The van der Waals surface area contributed by atoms with Gasteiger partial charge >= 0.3 is 5.97 Å². The van der Waals surface area contributed by atoms with Crippen molar-refractivity contribution in [1.29, 1.82) is 0 Å². The number of pyridine rings is 1. The number of nitrogens with two attached hydrogens (primary N) is 1. The van der Waals surface area contributed by atoms with Gasteiger partial charge < -0.3 is 30.4 Å². The molecule has 35 heavy (non-hydrogen) atoms. The molecule has 1 aliphatic rings. The Kier molecular flexibility index (Phi) is 9.41. The van der Waals surface area contributed by atoms with Crippen molar-refractivity contribution in [1.82, 2.24) is 10.3 Å². The fourth-order valence-corrected chi connectivity index (χ4v) is 4.44. The third-order valence-corrected chi connectivity index (χ3v) is 6.47. The van der Waals surface area contributed by atoms with Crippen LogP contribution in [0.1, 0.15) is 19.4 Å². The second-order valence-corrected chi connectivity index (χ2v) is 9.68. The quantitative estimate of drug-likeness (QED) is 0.208. The molecular weight excluding hydrogens is 555 g/mol. The zero-order valence-electron chi connectivity index (χ0n) is 18.6. The Morgan fingerprint density at radius 3 is 2.57 bits per heavy atom. The molecule has 0 spiro atoms. The Hall–Kier alpha value is -2.32. The molecule has 0 bridgehead atoms. The number of carboxylic acid groups (broad SMARTS) is 1. The maximum absolute atomic E-state index is 13.6. The van der Waals surface area contributed by atoms with Crippen LogP contribution in [0.25, 0.3) is 5.70 Å². The van der Waals surface area contributed by atoms with E-state index in [1.165, 1.54) is 24.9 Å². The molecule has 1 aliphatic heterocycles. The average molecular weight is 578 g/mol. The summed E-state index contributed by atoms with van der Waals surface area (Å²) in [5.41, 5.74) is 4.85. The molecule has 0 amide bonds. The molecule has 0 radical (unpaired) electrons. The van der Waals surface area contributed by atoms with Gasteiger partial charge in [0.2, 0.25) is 0 Å². The van der Waals surface area contributed by atoms with E-state index in [0.29, 0.717) is 11.5 Å². The van der Waals surface area contributed by atoms with Crippen LogP contribution in [0.15, 0.2) is 46.2 Å². The fraction of sp³-hybridized carbons (Fsp3) is 0.364. The van der Waals surface area contributed by atoms with Crippen molar-refractivity contribution in [2.75, 3.05) is 6.61 Å². The van der Waals surface area contributed by atoms with Crippen molar-refractivity contribution < 1.29 is 37.3 Å². The zero-order chi connectivity index (χ0) is 25.7. The first-order valence-corrected chi connectivity index (χ1v) is 12.0. The average Bonchev–Trinajstić information content (AvgIpc) is 2.81. The number of benzene rings is 1. The van der Waals surface area contributed by atoms with Gasteiger partial charge in [-0.15, -0.1) is 0 Å². The molecule has 1 aromatic heterocycles. The summed E-state index contributed by atoms with van der Waals surface area (Å²) in [6.07, 6.45) is 1.56. The first kappa shape index (κ1) is 27.3. The van der Waals surface area contributed by atoms with Crippen molar-refractivity contribution in [2.24, 2.45) is 5.73 Å². The molecule has 0 aliphatic carbocycles. The number of hydrogen-bond donors (Lipinski definition) is 3. The minimum Gasteiger partial charge on any atom is -0.479 e. The summed E-state index contributed by atoms with van der Waals surface area (Å²) in [6.45, 7) is 3.50. The van der Waals surface area contributed by atoms with Crippen LogP contribution in [0.3, 0.4) is 0 Å². The molecule has 3 rings (SSSR count). The molecule has 0 saturated carbocycles. The van der Waals surface area contributed by atoms with E-state index in [1.807, 2.05) is 6.92 Å². The van der Waals surface area contributed by atoms with E-state index >= 15 is 0 Å². The smallest absolute Gasteiger partial charge is 0.332 e. The molecule has 8 nitrogen and oxygen atoms in total. The zero-order valence-corrected chi connectivity index (χ0v) is 21.0. The minimum absolute atomic E-state index is 0.124. The van der Waals surface area contributed by atoms with Crippen LogP contribution in [0, 0.1) is 17.5 Å². The lowest BCUT2D eigenvalue weighted by Crippen LogP contribution is -2.51. The van der Waals surface area contributed by atoms with Gasteiger partial charge in [0.05, 0.1) is 18.4 Å². The highest BCUT2D eigenvalue weighted by Crippen LogP contribution is 2.32. The van der Waals surface area contributed by atoms with E-state index in [1.54, 1.807) is 18.5 Å². The molecule has 4 N–H and O–H groups in total. The minimum atomic E-state index is -1.62. The molecule has 1 aromatic carbocycles. The highest BCUT2D eigenvalue weighted by atomic mass is 79.9. The predicted molar refractivity (Wildman–Crippen MR) is 125 cm³/mol. The van der Waals surface area contributed by atoms with Crippen LogP contribution in [0.2, 0.25) is 0 Å². The number of carboxylic acids is 1. The summed E-state index contributed by atoms with van der Waals surface area (Å²) in [5.74, 6) is -5.64. The lowest BCUT2D eigenvalue weighted by Gasteiger charge is -2.38. The molecular formula is C22H23BrF3N3O5S. The number of nitrogens with zero attached hydrogens (tertiary/aromatic N) is 1. The second kappa shape index (κ2) is 12.1. The van der Waals surface area contributed by atoms with E-state index < -0.39 is 41.2 Å². The van der Waals surface area contributed by atoms with Gasteiger partial charge in [0, 0.05) is 33.5 Å². The lowest BCUT2D eigenvalue weighted by molar-refractivity contribution is -0.206. The maximum Gasteiger partial charge on any atom is 0.332 e. The fourth-order valence-electron chi connectivity index (χ4n) is 2.88. The van der Waals surface area contributed by atoms with Crippen LogP contribution in [0.4, 0.5) is 13.2 Å². The summed E-state index contributed by atoms with van der Waals surface area (Å²) >= 11 is 4.56. The Morgan fingerprint density at radius 2 is 2.03 bits per heavy atom. The standard InChI is InChI=1S/C22H23BrF3N3O5S/c1-10-18(9-32-10)34-22(35-14-5-13(23)6-28-7-14)20(33-11(2)21(30)31)29-8-17(27)12-3-15(24)19(26)16(25)4-12/h3-8,10-11,18,20,22,29H,9,27H2,1-2H3,(H,30,31)/b17-8-/t10?,11?,18?,20-,22?/m1/s1. The van der Waals surface area contributed by atoms with Crippen LogP contribution >= 0.6 is 27.7 Å². The number of carbonyl (C=O) groups is 1. The second-order valence-electron chi connectivity index (χ2n) is 7.60. The SMILES string of the molecule is CC(O[C@@H](N/C=C(\N)c1cc(F)c(F)c(F)c1)C(OC1COC1C)Sc1cncc(Br)c1)C(=O)O. The molecule has 4 unspecified atom stereocenters. The number of thioether (sulfide) groups is 1. The van der Waals surface area contributed by atoms with E-state index in [9.17, 15) is 23.1 Å². The number of ether oxygens (including phenoxy) is 3. The van der Waals surface area contributed by atoms with Crippen LogP contribution in [-0.4, -0.2) is 52.6 Å². The van der Waals surface area contributed by atoms with Gasteiger partial charge in [-0.3, -0.25) is 4.98 Å². The Bertz CT molecular complexity index is 1070. The number of aliphatic carboxylic acids is 1. The third kappa shape index (κ3) is 7.34. The molecule has 5 atom stereocenters. The first-order chi connectivity index (χ1) is 16.5. The number of halogens is 4. The molecule has 190 valence electrons. The van der Waals surface area contributed by atoms with Gasteiger partial charge in [-0.1, -0.05) is 11.8 Å². The molecule has 13 heteroatoms. The monoisotopic (exact) mass is 577 g/mol. The van der Waals surface area contributed by atoms with E-state index in [4.69, 9.17) is 19.9 Å². The Morgan fingerprint density at radius 1 is 1.34 bits per heavy atom. The number of aromatic nitrogens is 1. The molecule has 1 fully saturated rings. The maximum atomic E-state index is 13.6. The summed E-state index contributed by atoms with van der Waals surface area (Å²) in [5, 5.41) is 12.2. The van der Waals surface area contributed by atoms with Gasteiger partial charge in [0.25, 0.3) is 0 Å². The van der Waals surface area contributed by atoms with Gasteiger partial charge in [0.15, 0.2) is 35.2 Å². The topological polar surface area (TPSA) is 116 Å². The largest absolute Gasteiger partial charge is 0.479 e. The van der Waals surface area contributed by atoms with Crippen LogP contribution in [0.5, 0.6) is 0 Å². The summed E-state index contributed by atoms with van der Waals surface area (Å²) in [4.78, 5) is 16.3.